The van der Waals surface area contributed by atoms with Crippen LogP contribution in [-0.2, 0) is 6.54 Å². The number of nitrogens with zero attached hydrogens (tertiary/aromatic N) is 3. The molecule has 2 aromatic carbocycles. The molecule has 4 rings (SSSR count). The second kappa shape index (κ2) is 5.09. The van der Waals surface area contributed by atoms with Gasteiger partial charge in [0, 0.05) is 12.6 Å². The van der Waals surface area contributed by atoms with E-state index in [1.54, 1.807) is 6.92 Å². The van der Waals surface area contributed by atoms with Gasteiger partial charge in [0.25, 0.3) is 0 Å². The maximum absolute atomic E-state index is 12.2. The van der Waals surface area contributed by atoms with Gasteiger partial charge in [-0.2, -0.15) is 0 Å². The van der Waals surface area contributed by atoms with Crippen molar-refractivity contribution in [1.29, 1.82) is 0 Å². The van der Waals surface area contributed by atoms with Crippen LogP contribution in [0, 0.1) is 6.92 Å². The third kappa shape index (κ3) is 2.06. The third-order valence-corrected chi connectivity index (χ3v) is 4.27. The second-order valence-electron chi connectivity index (χ2n) is 5.80. The van der Waals surface area contributed by atoms with Crippen LogP contribution in [0.1, 0.15) is 28.7 Å². The molecule has 2 heterocycles. The van der Waals surface area contributed by atoms with Gasteiger partial charge in [-0.05, 0) is 24.6 Å². The number of hydrogen-bond acceptors (Lipinski definition) is 2. The second-order valence-corrected chi connectivity index (χ2v) is 5.80. The largest absolute Gasteiger partial charge is 0.309 e. The lowest BCUT2D eigenvalue weighted by molar-refractivity contribution is 0.101. The molecule has 0 fully saturated rings. The Labute approximate surface area is 134 Å². The summed E-state index contributed by atoms with van der Waals surface area (Å²) in [6, 6.07) is 18.2. The zero-order valence-corrected chi connectivity index (χ0v) is 13.2. The molecule has 0 aliphatic heterocycles. The first-order chi connectivity index (χ1) is 11.2. The van der Waals surface area contributed by atoms with Crippen LogP contribution in [0.5, 0.6) is 0 Å². The summed E-state index contributed by atoms with van der Waals surface area (Å²) in [5.74, 6) is 0.875. The molecule has 4 aromatic rings. The zero-order chi connectivity index (χ0) is 16.0. The first kappa shape index (κ1) is 13.8. The van der Waals surface area contributed by atoms with Gasteiger partial charge in [-0.25, -0.2) is 4.98 Å². The SMILES string of the molecule is CC(=O)c1c(C)n(Cc2ccccc2)c2nc3ccccc3n12. The van der Waals surface area contributed by atoms with Gasteiger partial charge in [-0.1, -0.05) is 42.5 Å². The van der Waals surface area contributed by atoms with Gasteiger partial charge in [0.1, 0.15) is 5.69 Å². The molecule has 4 nitrogen and oxygen atoms in total. The molecule has 0 saturated carbocycles. The van der Waals surface area contributed by atoms with Crippen LogP contribution in [-0.4, -0.2) is 19.7 Å². The molecule has 0 aliphatic carbocycles. The number of hydrogen-bond donors (Lipinski definition) is 0. The standard InChI is InChI=1S/C19H17N3O/c1-13-18(14(2)23)22-17-11-7-6-10-16(17)20-19(22)21(13)12-15-8-4-3-5-9-15/h3-11H,12H2,1-2H3. The fourth-order valence-electron chi connectivity index (χ4n) is 3.22. The summed E-state index contributed by atoms with van der Waals surface area (Å²) < 4.78 is 4.10. The summed E-state index contributed by atoms with van der Waals surface area (Å²) in [5, 5.41) is 0. The minimum absolute atomic E-state index is 0.0578. The molecule has 0 N–H and O–H groups in total. The summed E-state index contributed by atoms with van der Waals surface area (Å²) in [7, 11) is 0. The Morgan fingerprint density at radius 3 is 2.48 bits per heavy atom. The average molecular weight is 303 g/mol. The zero-order valence-electron chi connectivity index (χ0n) is 13.2. The molecule has 0 saturated heterocycles. The van der Waals surface area contributed by atoms with E-state index in [4.69, 9.17) is 4.98 Å². The van der Waals surface area contributed by atoms with E-state index in [2.05, 4.69) is 16.7 Å². The molecule has 0 spiro atoms. The van der Waals surface area contributed by atoms with Crippen molar-refractivity contribution in [3.05, 3.63) is 71.5 Å². The Kier molecular flexibility index (Phi) is 3.05. The van der Waals surface area contributed by atoms with Crippen molar-refractivity contribution in [2.75, 3.05) is 0 Å². The Morgan fingerprint density at radius 1 is 1.04 bits per heavy atom. The number of carbonyl (C=O) groups excluding carboxylic acids is 1. The first-order valence-electron chi connectivity index (χ1n) is 7.68. The van der Waals surface area contributed by atoms with Crippen LogP contribution in [0.4, 0.5) is 0 Å². The van der Waals surface area contributed by atoms with Gasteiger partial charge in [0.05, 0.1) is 17.6 Å². The molecular formula is C19H17N3O. The molecular weight excluding hydrogens is 286 g/mol. The minimum atomic E-state index is 0.0578. The summed E-state index contributed by atoms with van der Waals surface area (Å²) in [5.41, 5.74) is 4.74. The lowest BCUT2D eigenvalue weighted by atomic mass is 10.2. The van der Waals surface area contributed by atoms with E-state index in [-0.39, 0.29) is 5.78 Å². The number of Topliss-reactive ketones (excluding diaryl/α,β-unsaturated/α-hetero) is 1. The molecule has 0 radical (unpaired) electrons. The van der Waals surface area contributed by atoms with Crippen molar-refractivity contribution in [1.82, 2.24) is 14.0 Å². The molecule has 0 aliphatic rings. The number of imidazole rings is 2. The Morgan fingerprint density at radius 2 is 1.74 bits per heavy atom. The molecule has 114 valence electrons. The van der Waals surface area contributed by atoms with Gasteiger partial charge >= 0.3 is 0 Å². The minimum Gasteiger partial charge on any atom is -0.309 e. The first-order valence-corrected chi connectivity index (χ1v) is 7.68. The molecule has 4 heteroatoms. The fourth-order valence-corrected chi connectivity index (χ4v) is 3.22. The van der Waals surface area contributed by atoms with Crippen LogP contribution in [0.15, 0.2) is 54.6 Å². The fraction of sp³-hybridized carbons (Fsp3) is 0.158. The van der Waals surface area contributed by atoms with E-state index in [9.17, 15) is 4.79 Å². The van der Waals surface area contributed by atoms with E-state index in [0.29, 0.717) is 12.2 Å². The highest BCUT2D eigenvalue weighted by Gasteiger charge is 2.21. The number of ketones is 1. The van der Waals surface area contributed by atoms with E-state index in [0.717, 1.165) is 22.5 Å². The van der Waals surface area contributed by atoms with Crippen LogP contribution in [0.3, 0.4) is 0 Å². The molecule has 0 amide bonds. The van der Waals surface area contributed by atoms with E-state index < -0.39 is 0 Å². The Hall–Kier alpha value is -2.88. The Bertz CT molecular complexity index is 1030. The highest BCUT2D eigenvalue weighted by atomic mass is 16.1. The van der Waals surface area contributed by atoms with Crippen LogP contribution >= 0.6 is 0 Å². The number of aromatic nitrogens is 3. The molecule has 23 heavy (non-hydrogen) atoms. The van der Waals surface area contributed by atoms with Crippen LogP contribution < -0.4 is 0 Å². The topological polar surface area (TPSA) is 39.3 Å². The van der Waals surface area contributed by atoms with Gasteiger partial charge in [0.2, 0.25) is 5.78 Å². The van der Waals surface area contributed by atoms with Crippen LogP contribution in [0.25, 0.3) is 16.8 Å². The predicted molar refractivity (Wildman–Crippen MR) is 91.0 cm³/mol. The highest BCUT2D eigenvalue weighted by Crippen LogP contribution is 2.24. The number of carbonyl (C=O) groups is 1. The Balaban J connectivity index is 2.03. The number of benzene rings is 2. The normalized spacial score (nSPS) is 11.4. The van der Waals surface area contributed by atoms with Gasteiger partial charge in [-0.3, -0.25) is 9.20 Å². The summed E-state index contributed by atoms with van der Waals surface area (Å²) in [6.07, 6.45) is 0. The molecule has 0 bridgehead atoms. The van der Waals surface area contributed by atoms with E-state index in [1.165, 1.54) is 5.56 Å². The van der Waals surface area contributed by atoms with Crippen molar-refractivity contribution in [2.24, 2.45) is 0 Å². The molecule has 0 unspecified atom stereocenters. The average Bonchev–Trinajstić information content (AvgIpc) is 3.04. The lowest BCUT2D eigenvalue weighted by Crippen LogP contribution is -2.04. The van der Waals surface area contributed by atoms with Gasteiger partial charge in [-0.15, -0.1) is 0 Å². The number of fused-ring (bicyclic) bond motifs is 3. The number of rotatable bonds is 3. The van der Waals surface area contributed by atoms with Gasteiger partial charge < -0.3 is 4.57 Å². The summed E-state index contributed by atoms with van der Waals surface area (Å²) >= 11 is 0. The van der Waals surface area contributed by atoms with E-state index >= 15 is 0 Å². The lowest BCUT2D eigenvalue weighted by Gasteiger charge is -2.06. The third-order valence-electron chi connectivity index (χ3n) is 4.27. The maximum atomic E-state index is 12.2. The van der Waals surface area contributed by atoms with Crippen LogP contribution in [0.2, 0.25) is 0 Å². The summed E-state index contributed by atoms with van der Waals surface area (Å²) in [6.45, 7) is 4.30. The van der Waals surface area contributed by atoms with Gasteiger partial charge in [0.15, 0.2) is 5.78 Å². The molecule has 0 atom stereocenters. The smallest absolute Gasteiger partial charge is 0.216 e. The quantitative estimate of drug-likeness (QED) is 0.539. The van der Waals surface area contributed by atoms with Crippen molar-refractivity contribution in [2.45, 2.75) is 20.4 Å². The van der Waals surface area contributed by atoms with Crippen molar-refractivity contribution < 1.29 is 4.79 Å². The van der Waals surface area contributed by atoms with Crippen molar-refractivity contribution >= 4 is 22.6 Å². The van der Waals surface area contributed by atoms with Crippen molar-refractivity contribution in [3.63, 3.8) is 0 Å². The highest BCUT2D eigenvalue weighted by molar-refractivity contribution is 5.97. The maximum Gasteiger partial charge on any atom is 0.216 e. The van der Waals surface area contributed by atoms with E-state index in [1.807, 2.05) is 53.8 Å². The number of para-hydroxylation sites is 2. The van der Waals surface area contributed by atoms with Crippen molar-refractivity contribution in [3.8, 4) is 0 Å². The monoisotopic (exact) mass is 303 g/mol. The predicted octanol–water partition coefficient (Wildman–Crippen LogP) is 3.85. The summed E-state index contributed by atoms with van der Waals surface area (Å²) in [4.78, 5) is 17.0. The molecule has 2 aromatic heterocycles.